The van der Waals surface area contributed by atoms with Gasteiger partial charge in [-0.1, -0.05) is 23.4 Å². The van der Waals surface area contributed by atoms with E-state index in [2.05, 4.69) is 36.8 Å². The van der Waals surface area contributed by atoms with Crippen LogP contribution in [0.3, 0.4) is 0 Å². The lowest BCUT2D eigenvalue weighted by molar-refractivity contribution is -0.113. The van der Waals surface area contributed by atoms with Crippen LogP contribution in [0.4, 0.5) is 5.69 Å². The van der Waals surface area contributed by atoms with Crippen molar-refractivity contribution >= 4 is 56.8 Å². The number of benzene rings is 2. The summed E-state index contributed by atoms with van der Waals surface area (Å²) in [7, 11) is 1.57. The molecular weight excluding hydrogens is 530 g/mol. The van der Waals surface area contributed by atoms with Gasteiger partial charge in [0.2, 0.25) is 5.91 Å². The molecule has 1 aromatic heterocycles. The van der Waals surface area contributed by atoms with Gasteiger partial charge < -0.3 is 19.9 Å². The van der Waals surface area contributed by atoms with E-state index in [1.807, 2.05) is 18.4 Å². The SMILES string of the molecule is CCn1c(SCC(=O)Nc2ccc(Br)c(Cl)c2)nnc1[C@@H](C)NC(=O)c1ccc(OC)cc1. The molecule has 0 saturated carbocycles. The fourth-order valence-corrected chi connectivity index (χ4v) is 4.25. The Balaban J connectivity index is 1.61. The first kappa shape index (κ1) is 25.1. The number of thioether (sulfide) groups is 1. The minimum atomic E-state index is -0.375. The van der Waals surface area contributed by atoms with E-state index in [0.717, 1.165) is 4.47 Å². The summed E-state index contributed by atoms with van der Waals surface area (Å²) in [6, 6.07) is 11.7. The lowest BCUT2D eigenvalue weighted by atomic mass is 10.2. The van der Waals surface area contributed by atoms with Crippen LogP contribution in [-0.4, -0.2) is 39.4 Å². The number of halogens is 2. The maximum atomic E-state index is 12.6. The molecule has 0 fully saturated rings. The number of methoxy groups -OCH3 is 1. The summed E-state index contributed by atoms with van der Waals surface area (Å²) in [6.07, 6.45) is 0. The van der Waals surface area contributed by atoms with Crippen LogP contribution in [0.2, 0.25) is 5.02 Å². The minimum Gasteiger partial charge on any atom is -0.497 e. The number of nitrogens with zero attached hydrogens (tertiary/aromatic N) is 3. The third kappa shape index (κ3) is 6.49. The second-order valence-corrected chi connectivity index (χ2v) is 9.18. The van der Waals surface area contributed by atoms with Crippen LogP contribution in [0.1, 0.15) is 36.1 Å². The van der Waals surface area contributed by atoms with E-state index in [4.69, 9.17) is 16.3 Å². The second kappa shape index (κ2) is 11.5. The monoisotopic (exact) mass is 551 g/mol. The Bertz CT molecular complexity index is 1140. The van der Waals surface area contributed by atoms with Crippen molar-refractivity contribution in [3.05, 3.63) is 63.3 Å². The lowest BCUT2D eigenvalue weighted by Crippen LogP contribution is -2.28. The summed E-state index contributed by atoms with van der Waals surface area (Å²) in [6.45, 7) is 4.40. The standard InChI is InChI=1S/C22H23BrClN5O3S/c1-4-29-20(13(2)25-21(31)14-5-8-16(32-3)9-6-14)27-28-22(29)33-12-19(30)26-15-7-10-17(23)18(24)11-15/h5-11,13H,4,12H2,1-3H3,(H,25,31)(H,26,30)/t13-/m1/s1. The number of hydrogen-bond donors (Lipinski definition) is 2. The van der Waals surface area contributed by atoms with E-state index in [1.54, 1.807) is 49.6 Å². The van der Waals surface area contributed by atoms with Crippen molar-refractivity contribution < 1.29 is 14.3 Å². The van der Waals surface area contributed by atoms with E-state index in [1.165, 1.54) is 11.8 Å². The molecule has 1 heterocycles. The van der Waals surface area contributed by atoms with Crippen LogP contribution in [0.25, 0.3) is 0 Å². The zero-order chi connectivity index (χ0) is 24.0. The van der Waals surface area contributed by atoms with Gasteiger partial charge in [-0.15, -0.1) is 10.2 Å². The molecule has 0 radical (unpaired) electrons. The summed E-state index contributed by atoms with van der Waals surface area (Å²) >= 11 is 10.7. The van der Waals surface area contributed by atoms with Gasteiger partial charge >= 0.3 is 0 Å². The number of nitrogens with one attached hydrogen (secondary N) is 2. The molecule has 8 nitrogen and oxygen atoms in total. The maximum Gasteiger partial charge on any atom is 0.251 e. The minimum absolute atomic E-state index is 0.151. The van der Waals surface area contributed by atoms with Gasteiger partial charge in [0.05, 0.1) is 23.9 Å². The number of hydrogen-bond acceptors (Lipinski definition) is 6. The van der Waals surface area contributed by atoms with Crippen molar-refractivity contribution in [1.82, 2.24) is 20.1 Å². The molecule has 0 bridgehead atoms. The first-order valence-corrected chi connectivity index (χ1v) is 12.2. The molecule has 2 N–H and O–H groups in total. The van der Waals surface area contributed by atoms with Crippen molar-refractivity contribution in [1.29, 1.82) is 0 Å². The highest BCUT2D eigenvalue weighted by Crippen LogP contribution is 2.26. The Labute approximate surface area is 209 Å². The molecule has 3 aromatic rings. The Kier molecular flexibility index (Phi) is 8.76. The predicted molar refractivity (Wildman–Crippen MR) is 133 cm³/mol. The quantitative estimate of drug-likeness (QED) is 0.365. The van der Waals surface area contributed by atoms with Crippen LogP contribution in [0, 0.1) is 0 Å². The summed E-state index contributed by atoms with van der Waals surface area (Å²) in [4.78, 5) is 24.9. The summed E-state index contributed by atoms with van der Waals surface area (Å²) in [5.41, 5.74) is 1.13. The van der Waals surface area contributed by atoms with E-state index in [0.29, 0.717) is 39.5 Å². The van der Waals surface area contributed by atoms with Gasteiger partial charge in [-0.05, 0) is 72.2 Å². The fraction of sp³-hybridized carbons (Fsp3) is 0.273. The highest BCUT2D eigenvalue weighted by atomic mass is 79.9. The van der Waals surface area contributed by atoms with Crippen LogP contribution in [0.15, 0.2) is 52.1 Å². The number of carbonyl (C=O) groups excluding carboxylic acids is 2. The van der Waals surface area contributed by atoms with Gasteiger partial charge in [0.15, 0.2) is 11.0 Å². The van der Waals surface area contributed by atoms with Gasteiger partial charge in [-0.2, -0.15) is 0 Å². The van der Waals surface area contributed by atoms with Crippen molar-refractivity contribution in [2.75, 3.05) is 18.2 Å². The van der Waals surface area contributed by atoms with Crippen molar-refractivity contribution in [2.45, 2.75) is 31.6 Å². The molecular formula is C22H23BrClN5O3S. The third-order valence-electron chi connectivity index (χ3n) is 4.68. The number of aromatic nitrogens is 3. The first-order valence-electron chi connectivity index (χ1n) is 10.1. The molecule has 0 aliphatic rings. The van der Waals surface area contributed by atoms with Crippen LogP contribution >= 0.6 is 39.3 Å². The molecule has 174 valence electrons. The van der Waals surface area contributed by atoms with Gasteiger partial charge in [-0.25, -0.2) is 0 Å². The third-order valence-corrected chi connectivity index (χ3v) is 6.88. The molecule has 0 spiro atoms. The van der Waals surface area contributed by atoms with Crippen molar-refractivity contribution in [3.8, 4) is 5.75 Å². The summed E-state index contributed by atoms with van der Waals surface area (Å²) in [5.74, 6) is 1.03. The number of amides is 2. The Morgan fingerprint density at radius 1 is 1.21 bits per heavy atom. The number of ether oxygens (including phenoxy) is 1. The van der Waals surface area contributed by atoms with E-state index in [-0.39, 0.29) is 23.6 Å². The van der Waals surface area contributed by atoms with Gasteiger partial charge in [0, 0.05) is 22.3 Å². The van der Waals surface area contributed by atoms with Crippen molar-refractivity contribution in [3.63, 3.8) is 0 Å². The summed E-state index contributed by atoms with van der Waals surface area (Å²) < 4.78 is 7.76. The fourth-order valence-electron chi connectivity index (χ4n) is 3.01. The molecule has 0 unspecified atom stereocenters. The first-order chi connectivity index (χ1) is 15.8. The number of rotatable bonds is 9. The molecule has 2 aromatic carbocycles. The molecule has 2 amide bonds. The number of carbonyl (C=O) groups is 2. The number of anilines is 1. The van der Waals surface area contributed by atoms with Crippen molar-refractivity contribution in [2.24, 2.45) is 0 Å². The highest BCUT2D eigenvalue weighted by molar-refractivity contribution is 9.10. The smallest absolute Gasteiger partial charge is 0.251 e. The van der Waals surface area contributed by atoms with E-state index < -0.39 is 0 Å². The zero-order valence-corrected chi connectivity index (χ0v) is 21.4. The molecule has 33 heavy (non-hydrogen) atoms. The highest BCUT2D eigenvalue weighted by Gasteiger charge is 2.20. The maximum absolute atomic E-state index is 12.6. The molecule has 0 aliphatic carbocycles. The Morgan fingerprint density at radius 2 is 1.94 bits per heavy atom. The Hall–Kier alpha value is -2.56. The van der Waals surface area contributed by atoms with Crippen LogP contribution in [-0.2, 0) is 11.3 Å². The van der Waals surface area contributed by atoms with E-state index in [9.17, 15) is 9.59 Å². The average Bonchev–Trinajstić information content (AvgIpc) is 3.23. The molecule has 3 rings (SSSR count). The Morgan fingerprint density at radius 3 is 2.58 bits per heavy atom. The van der Waals surface area contributed by atoms with Gasteiger partial charge in [0.25, 0.3) is 5.91 Å². The lowest BCUT2D eigenvalue weighted by Gasteiger charge is -2.15. The van der Waals surface area contributed by atoms with Crippen LogP contribution in [0.5, 0.6) is 5.75 Å². The predicted octanol–water partition coefficient (Wildman–Crippen LogP) is 4.94. The normalized spacial score (nSPS) is 11.7. The largest absolute Gasteiger partial charge is 0.497 e. The second-order valence-electron chi connectivity index (χ2n) is 6.97. The molecule has 0 saturated heterocycles. The molecule has 1 atom stereocenters. The topological polar surface area (TPSA) is 98.1 Å². The van der Waals surface area contributed by atoms with E-state index >= 15 is 0 Å². The average molecular weight is 553 g/mol. The van der Waals surface area contributed by atoms with Crippen LogP contribution < -0.4 is 15.4 Å². The molecule has 0 aliphatic heterocycles. The molecule has 11 heteroatoms. The zero-order valence-electron chi connectivity index (χ0n) is 18.3. The van der Waals surface area contributed by atoms with Gasteiger partial charge in [-0.3, -0.25) is 9.59 Å². The van der Waals surface area contributed by atoms with Gasteiger partial charge in [0.1, 0.15) is 5.75 Å². The summed E-state index contributed by atoms with van der Waals surface area (Å²) in [5, 5.41) is 15.3.